The second kappa shape index (κ2) is 8.25. The van der Waals surface area contributed by atoms with Gasteiger partial charge in [-0.25, -0.2) is 0 Å². The van der Waals surface area contributed by atoms with Crippen LogP contribution in [0.4, 0.5) is 8.78 Å². The molecule has 0 fully saturated rings. The largest absolute Gasteiger partial charge is 2.00 e. The van der Waals surface area contributed by atoms with E-state index >= 15 is 8.78 Å². The molecule has 1 aliphatic rings. The van der Waals surface area contributed by atoms with Gasteiger partial charge in [-0.1, -0.05) is 63.1 Å². The van der Waals surface area contributed by atoms with Gasteiger partial charge in [-0.3, -0.25) is 8.78 Å². The van der Waals surface area contributed by atoms with Crippen LogP contribution in [0, 0.1) is 23.8 Å². The van der Waals surface area contributed by atoms with Crippen LogP contribution in [-0.2, 0) is 31.9 Å². The van der Waals surface area contributed by atoms with Gasteiger partial charge in [0.25, 0.3) is 0 Å². The van der Waals surface area contributed by atoms with Crippen LogP contribution in [-0.4, -0.2) is 9.97 Å². The van der Waals surface area contributed by atoms with Crippen molar-refractivity contribution in [2.45, 2.75) is 38.5 Å². The Kier molecular flexibility index (Phi) is 5.86. The topological polar surface area (TPSA) is 25.8 Å². The number of nitrogens with zero attached hydrogens (tertiary/aromatic N) is 2. The van der Waals surface area contributed by atoms with Crippen molar-refractivity contribution in [1.82, 2.24) is 9.97 Å². The second-order valence-electron chi connectivity index (χ2n) is 9.26. The molecule has 0 saturated heterocycles. The zero-order valence-electron chi connectivity index (χ0n) is 18.7. The van der Waals surface area contributed by atoms with Crippen molar-refractivity contribution >= 4 is 0 Å². The van der Waals surface area contributed by atoms with Gasteiger partial charge in [-0.05, 0) is 23.5 Å². The average molecular weight is 620 g/mol. The van der Waals surface area contributed by atoms with E-state index in [1.54, 1.807) is 12.1 Å². The van der Waals surface area contributed by atoms with Crippen molar-refractivity contribution < 1.29 is 29.8 Å². The van der Waals surface area contributed by atoms with Gasteiger partial charge >= 0.3 is 21.1 Å². The van der Waals surface area contributed by atoms with Crippen molar-refractivity contribution in [3.8, 4) is 22.5 Å². The van der Waals surface area contributed by atoms with E-state index < -0.39 is 10.8 Å². The Morgan fingerprint density at radius 1 is 0.606 bits per heavy atom. The van der Waals surface area contributed by atoms with Crippen LogP contribution < -0.4 is 0 Å². The van der Waals surface area contributed by atoms with Gasteiger partial charge < -0.3 is 9.97 Å². The molecular formula is C28H22F2N2Pt. The molecule has 2 aromatic heterocycles. The number of halogens is 2. The Hall–Kier alpha value is -2.71. The van der Waals surface area contributed by atoms with E-state index in [4.69, 9.17) is 9.97 Å². The Morgan fingerprint density at radius 2 is 1.00 bits per heavy atom. The van der Waals surface area contributed by atoms with E-state index in [1.165, 1.54) is 12.1 Å². The van der Waals surface area contributed by atoms with Crippen LogP contribution >= 0.6 is 0 Å². The predicted molar refractivity (Wildman–Crippen MR) is 121 cm³/mol. The number of aromatic nitrogens is 2. The van der Waals surface area contributed by atoms with Crippen LogP contribution in [0.15, 0.2) is 60.7 Å². The number of benzene rings is 2. The molecule has 4 aromatic rings. The Morgan fingerprint density at radius 3 is 1.39 bits per heavy atom. The Balaban J connectivity index is 0.00000259. The summed E-state index contributed by atoms with van der Waals surface area (Å²) in [4.78, 5) is 9.66. The number of pyridine rings is 2. The maximum absolute atomic E-state index is 15.0. The van der Waals surface area contributed by atoms with Gasteiger partial charge in [0.2, 0.25) is 0 Å². The van der Waals surface area contributed by atoms with Crippen LogP contribution in [0.5, 0.6) is 0 Å². The van der Waals surface area contributed by atoms with Gasteiger partial charge in [-0.15, -0.1) is 47.5 Å². The van der Waals surface area contributed by atoms with E-state index in [0.717, 1.165) is 0 Å². The minimum Gasteiger partial charge on any atom is -0.300 e. The van der Waals surface area contributed by atoms with Crippen molar-refractivity contribution in [1.29, 1.82) is 0 Å². The molecule has 2 aromatic carbocycles. The van der Waals surface area contributed by atoms with E-state index in [2.05, 4.69) is 12.1 Å². The van der Waals surface area contributed by atoms with Crippen LogP contribution in [0.2, 0.25) is 0 Å². The summed E-state index contributed by atoms with van der Waals surface area (Å²) in [7, 11) is 0. The smallest absolute Gasteiger partial charge is 0.300 e. The molecule has 1 aliphatic heterocycles. The minimum absolute atomic E-state index is 0. The van der Waals surface area contributed by atoms with Gasteiger partial charge in [0.05, 0.1) is 0 Å². The third-order valence-electron chi connectivity index (χ3n) is 6.37. The summed E-state index contributed by atoms with van der Waals surface area (Å²) in [5.74, 6) is -0.685. The van der Waals surface area contributed by atoms with Crippen molar-refractivity contribution in [2.75, 3.05) is 0 Å². The average Bonchev–Trinajstić information content (AvgIpc) is 2.79. The third kappa shape index (κ3) is 3.85. The second-order valence-corrected chi connectivity index (χ2v) is 9.26. The Bertz CT molecular complexity index is 1260. The SMILES string of the molecule is CC1(C)c2cccc(n2)-c2[c-]c(c(F)cc2)C(C)(C)c2cccc(n2)-c2[c-]c1c(F)cc2.[Pt+2]. The van der Waals surface area contributed by atoms with Gasteiger partial charge in [-0.2, -0.15) is 0 Å². The van der Waals surface area contributed by atoms with Gasteiger partial charge in [0.1, 0.15) is 0 Å². The zero-order chi connectivity index (χ0) is 22.7. The minimum atomic E-state index is -0.750. The van der Waals surface area contributed by atoms with Gasteiger partial charge in [0, 0.05) is 33.9 Å². The molecule has 0 aliphatic carbocycles. The molecule has 0 atom stereocenters. The van der Waals surface area contributed by atoms with Crippen molar-refractivity contribution in [3.63, 3.8) is 0 Å². The number of hydrogen-bond donors (Lipinski definition) is 0. The maximum Gasteiger partial charge on any atom is 2.00 e. The monoisotopic (exact) mass is 619 g/mol. The molecule has 5 rings (SSSR count). The molecule has 3 heterocycles. The number of fused-ring (bicyclic) bond motifs is 10. The quantitative estimate of drug-likeness (QED) is 0.206. The first-order valence-electron chi connectivity index (χ1n) is 10.6. The normalized spacial score (nSPS) is 15.2. The fraction of sp³-hybridized carbons (Fsp3) is 0.214. The molecule has 168 valence electrons. The van der Waals surface area contributed by atoms with Crippen LogP contribution in [0.1, 0.15) is 50.2 Å². The molecule has 0 unspecified atom stereocenters. The summed E-state index contributed by atoms with van der Waals surface area (Å²) < 4.78 is 30.0. The number of rotatable bonds is 0. The van der Waals surface area contributed by atoms with E-state index in [1.807, 2.05) is 64.1 Å². The molecule has 0 amide bonds. The molecular weight excluding hydrogens is 597 g/mol. The first-order chi connectivity index (χ1) is 15.2. The first-order valence-corrected chi connectivity index (χ1v) is 10.6. The molecule has 2 nitrogen and oxygen atoms in total. The molecule has 0 spiro atoms. The summed E-state index contributed by atoms with van der Waals surface area (Å²) >= 11 is 0. The first kappa shape index (κ1) is 23.4. The maximum atomic E-state index is 15.0. The van der Waals surface area contributed by atoms with Crippen LogP contribution in [0.3, 0.4) is 0 Å². The summed E-state index contributed by atoms with van der Waals surface area (Å²) in [6.07, 6.45) is 0. The van der Waals surface area contributed by atoms with Crippen molar-refractivity contribution in [2.24, 2.45) is 0 Å². The summed E-state index contributed by atoms with van der Waals surface area (Å²) in [6, 6.07) is 24.0. The van der Waals surface area contributed by atoms with Crippen LogP contribution in [0.25, 0.3) is 22.5 Å². The predicted octanol–water partition coefficient (Wildman–Crippen LogP) is 6.65. The molecule has 5 heteroatoms. The molecule has 0 radical (unpaired) electrons. The third-order valence-corrected chi connectivity index (χ3v) is 6.37. The van der Waals surface area contributed by atoms with Crippen molar-refractivity contribution in [3.05, 3.63) is 107 Å². The van der Waals surface area contributed by atoms with E-state index in [0.29, 0.717) is 45.0 Å². The zero-order valence-corrected chi connectivity index (χ0v) is 21.0. The molecule has 0 saturated carbocycles. The summed E-state index contributed by atoms with van der Waals surface area (Å²) in [6.45, 7) is 7.71. The standard InChI is InChI=1S/C28H22F2N2.Pt/c1-27(2)19-15-17(11-13-21(19)29)24-8-6-10-26(32-24)28(3,4)20-16-18(12-14-22(20)30)23-7-5-9-25(27)31-23;/h5-14H,1-4H3;/q-2;+2. The summed E-state index contributed by atoms with van der Waals surface area (Å²) in [5, 5.41) is 0. The van der Waals surface area contributed by atoms with E-state index in [9.17, 15) is 0 Å². The number of hydrogen-bond acceptors (Lipinski definition) is 2. The molecule has 0 N–H and O–H groups in total. The fourth-order valence-corrected chi connectivity index (χ4v) is 4.28. The summed E-state index contributed by atoms with van der Waals surface area (Å²) in [5.41, 5.74) is 3.40. The molecule has 33 heavy (non-hydrogen) atoms. The van der Waals surface area contributed by atoms with Gasteiger partial charge in [0.15, 0.2) is 0 Å². The fourth-order valence-electron chi connectivity index (χ4n) is 4.28. The molecule has 8 bridgehead atoms. The Labute approximate surface area is 207 Å². The van der Waals surface area contributed by atoms with E-state index in [-0.39, 0.29) is 32.7 Å².